The highest BCUT2D eigenvalue weighted by molar-refractivity contribution is 5.95. The topological polar surface area (TPSA) is 59.0 Å². The fraction of sp³-hybridized carbons (Fsp3) is 0.667. The molecule has 5 heteroatoms. The van der Waals surface area contributed by atoms with Crippen molar-refractivity contribution in [2.45, 2.75) is 20.3 Å². The maximum atomic E-state index is 12.4. The third kappa shape index (κ3) is 2.20. The number of carbonyl (C=O) groups is 1. The maximum absolute atomic E-state index is 12.4. The van der Waals surface area contributed by atoms with Crippen LogP contribution in [0.3, 0.4) is 0 Å². The minimum absolute atomic E-state index is 0.0798. The number of carbonyl (C=O) groups excluding carboxylic acids is 1. The van der Waals surface area contributed by atoms with E-state index in [0.717, 1.165) is 19.5 Å². The van der Waals surface area contributed by atoms with Crippen LogP contribution in [0.25, 0.3) is 0 Å². The molecule has 1 aliphatic rings. The molecule has 0 radical (unpaired) electrons. The molecule has 1 unspecified atom stereocenters. The Bertz CT molecular complexity index is 404. The Balaban J connectivity index is 2.12. The SMILES string of the molecule is CC(C)C1(C(=O)Nc2ccn(C)n2)CCNC1. The lowest BCUT2D eigenvalue weighted by Crippen LogP contribution is -2.42. The van der Waals surface area contributed by atoms with Crippen LogP contribution in [0.5, 0.6) is 0 Å². The number of amides is 1. The first-order valence-electron chi connectivity index (χ1n) is 6.06. The number of hydrogen-bond acceptors (Lipinski definition) is 3. The van der Waals surface area contributed by atoms with Gasteiger partial charge in [0, 0.05) is 25.9 Å². The molecule has 17 heavy (non-hydrogen) atoms. The molecule has 0 bridgehead atoms. The normalized spacial score (nSPS) is 24.2. The van der Waals surface area contributed by atoms with Gasteiger partial charge in [-0.1, -0.05) is 13.8 Å². The molecular weight excluding hydrogens is 216 g/mol. The van der Waals surface area contributed by atoms with E-state index in [1.165, 1.54) is 0 Å². The minimum atomic E-state index is -0.294. The van der Waals surface area contributed by atoms with Crippen LogP contribution in [0.4, 0.5) is 5.82 Å². The molecule has 0 aliphatic carbocycles. The summed E-state index contributed by atoms with van der Waals surface area (Å²) < 4.78 is 1.69. The van der Waals surface area contributed by atoms with Gasteiger partial charge in [-0.25, -0.2) is 0 Å². The molecule has 2 heterocycles. The number of rotatable bonds is 3. The van der Waals surface area contributed by atoms with E-state index in [1.54, 1.807) is 4.68 Å². The van der Waals surface area contributed by atoms with Gasteiger partial charge < -0.3 is 10.6 Å². The molecule has 0 spiro atoms. The van der Waals surface area contributed by atoms with E-state index in [2.05, 4.69) is 29.6 Å². The molecule has 1 aliphatic heterocycles. The van der Waals surface area contributed by atoms with Crippen LogP contribution in [-0.2, 0) is 11.8 Å². The zero-order valence-electron chi connectivity index (χ0n) is 10.7. The first-order valence-corrected chi connectivity index (χ1v) is 6.06. The zero-order valence-corrected chi connectivity index (χ0v) is 10.7. The van der Waals surface area contributed by atoms with Gasteiger partial charge in [0.05, 0.1) is 5.41 Å². The van der Waals surface area contributed by atoms with Gasteiger partial charge in [-0.05, 0) is 18.9 Å². The highest BCUT2D eigenvalue weighted by atomic mass is 16.2. The largest absolute Gasteiger partial charge is 0.316 e. The van der Waals surface area contributed by atoms with Gasteiger partial charge >= 0.3 is 0 Å². The number of anilines is 1. The van der Waals surface area contributed by atoms with Crippen LogP contribution in [-0.4, -0.2) is 28.8 Å². The van der Waals surface area contributed by atoms with Crippen molar-refractivity contribution >= 4 is 11.7 Å². The van der Waals surface area contributed by atoms with Crippen LogP contribution in [0.2, 0.25) is 0 Å². The van der Waals surface area contributed by atoms with Crippen molar-refractivity contribution in [3.05, 3.63) is 12.3 Å². The monoisotopic (exact) mass is 236 g/mol. The summed E-state index contributed by atoms with van der Waals surface area (Å²) in [5.41, 5.74) is -0.294. The number of nitrogens with one attached hydrogen (secondary N) is 2. The molecule has 1 amide bonds. The van der Waals surface area contributed by atoms with Crippen molar-refractivity contribution in [1.82, 2.24) is 15.1 Å². The molecular formula is C12H20N4O. The summed E-state index contributed by atoms with van der Waals surface area (Å²) in [6.45, 7) is 5.87. The highest BCUT2D eigenvalue weighted by Crippen LogP contribution is 2.35. The summed E-state index contributed by atoms with van der Waals surface area (Å²) in [4.78, 5) is 12.4. The molecule has 1 saturated heterocycles. The van der Waals surface area contributed by atoms with Crippen LogP contribution in [0.15, 0.2) is 12.3 Å². The first kappa shape index (κ1) is 12.1. The van der Waals surface area contributed by atoms with Gasteiger partial charge in [0.1, 0.15) is 0 Å². The molecule has 1 fully saturated rings. The van der Waals surface area contributed by atoms with Crippen LogP contribution in [0.1, 0.15) is 20.3 Å². The molecule has 1 aromatic heterocycles. The Morgan fingerprint density at radius 1 is 1.65 bits per heavy atom. The summed E-state index contributed by atoms with van der Waals surface area (Å²) in [6.07, 6.45) is 2.72. The van der Waals surface area contributed by atoms with E-state index in [-0.39, 0.29) is 11.3 Å². The fourth-order valence-corrected chi connectivity index (χ4v) is 2.38. The lowest BCUT2D eigenvalue weighted by atomic mass is 9.75. The van der Waals surface area contributed by atoms with Gasteiger partial charge in [-0.2, -0.15) is 5.10 Å². The third-order valence-electron chi connectivity index (χ3n) is 3.70. The fourth-order valence-electron chi connectivity index (χ4n) is 2.38. The van der Waals surface area contributed by atoms with Crippen molar-refractivity contribution in [3.8, 4) is 0 Å². The second-order valence-electron chi connectivity index (χ2n) is 5.07. The number of hydrogen-bond donors (Lipinski definition) is 2. The summed E-state index contributed by atoms with van der Waals surface area (Å²) in [7, 11) is 1.84. The van der Waals surface area contributed by atoms with Crippen molar-refractivity contribution in [2.24, 2.45) is 18.4 Å². The molecule has 2 rings (SSSR count). The molecule has 1 aromatic rings. The summed E-state index contributed by atoms with van der Waals surface area (Å²) in [5, 5.41) is 10.4. The van der Waals surface area contributed by atoms with Gasteiger partial charge in [0.15, 0.2) is 5.82 Å². The van der Waals surface area contributed by atoms with Crippen molar-refractivity contribution < 1.29 is 4.79 Å². The van der Waals surface area contributed by atoms with E-state index in [4.69, 9.17) is 0 Å². The summed E-state index contributed by atoms with van der Waals surface area (Å²) in [5.74, 6) is 1.03. The summed E-state index contributed by atoms with van der Waals surface area (Å²) in [6, 6.07) is 1.81. The predicted molar refractivity (Wildman–Crippen MR) is 66.6 cm³/mol. The van der Waals surface area contributed by atoms with E-state index in [0.29, 0.717) is 11.7 Å². The number of aryl methyl sites for hydroxylation is 1. The van der Waals surface area contributed by atoms with Crippen molar-refractivity contribution in [3.63, 3.8) is 0 Å². The minimum Gasteiger partial charge on any atom is -0.316 e. The maximum Gasteiger partial charge on any atom is 0.233 e. The Morgan fingerprint density at radius 2 is 2.41 bits per heavy atom. The third-order valence-corrected chi connectivity index (χ3v) is 3.70. The quantitative estimate of drug-likeness (QED) is 0.823. The molecule has 5 nitrogen and oxygen atoms in total. The lowest BCUT2D eigenvalue weighted by molar-refractivity contribution is -0.126. The van der Waals surface area contributed by atoms with Crippen LogP contribution < -0.4 is 10.6 Å². The number of nitrogens with zero attached hydrogens (tertiary/aromatic N) is 2. The predicted octanol–water partition coefficient (Wildman–Crippen LogP) is 0.994. The molecule has 0 aromatic carbocycles. The average molecular weight is 236 g/mol. The Labute approximate surface area is 102 Å². The second-order valence-corrected chi connectivity index (χ2v) is 5.07. The first-order chi connectivity index (χ1) is 8.04. The molecule has 94 valence electrons. The Morgan fingerprint density at radius 3 is 2.88 bits per heavy atom. The number of aromatic nitrogens is 2. The van der Waals surface area contributed by atoms with E-state index < -0.39 is 0 Å². The molecule has 1 atom stereocenters. The van der Waals surface area contributed by atoms with E-state index in [9.17, 15) is 4.79 Å². The van der Waals surface area contributed by atoms with E-state index >= 15 is 0 Å². The molecule has 2 N–H and O–H groups in total. The van der Waals surface area contributed by atoms with Gasteiger partial charge in [0.2, 0.25) is 5.91 Å². The van der Waals surface area contributed by atoms with Crippen molar-refractivity contribution in [2.75, 3.05) is 18.4 Å². The van der Waals surface area contributed by atoms with Gasteiger partial charge in [0.25, 0.3) is 0 Å². The average Bonchev–Trinajstić information content (AvgIpc) is 2.87. The standard InChI is InChI=1S/C12H20N4O/c1-9(2)12(5-6-13-8-12)11(17)14-10-4-7-16(3)15-10/h4,7,9,13H,5-6,8H2,1-3H3,(H,14,15,17). The van der Waals surface area contributed by atoms with Crippen molar-refractivity contribution in [1.29, 1.82) is 0 Å². The van der Waals surface area contributed by atoms with Gasteiger partial charge in [-0.3, -0.25) is 9.48 Å². The molecule has 0 saturated carbocycles. The Hall–Kier alpha value is -1.36. The van der Waals surface area contributed by atoms with E-state index in [1.807, 2.05) is 19.3 Å². The summed E-state index contributed by atoms with van der Waals surface area (Å²) >= 11 is 0. The van der Waals surface area contributed by atoms with Crippen LogP contribution >= 0.6 is 0 Å². The van der Waals surface area contributed by atoms with Crippen LogP contribution in [0, 0.1) is 11.3 Å². The zero-order chi connectivity index (χ0) is 12.5. The highest BCUT2D eigenvalue weighted by Gasteiger charge is 2.43. The van der Waals surface area contributed by atoms with Gasteiger partial charge in [-0.15, -0.1) is 0 Å². The smallest absolute Gasteiger partial charge is 0.233 e. The lowest BCUT2D eigenvalue weighted by Gasteiger charge is -2.30. The second kappa shape index (κ2) is 4.49. The Kier molecular flexibility index (Phi) is 3.19.